The van der Waals surface area contributed by atoms with Gasteiger partial charge in [0.1, 0.15) is 0 Å². The maximum Gasteiger partial charge on any atom is 0.307 e. The van der Waals surface area contributed by atoms with E-state index >= 15 is 0 Å². The van der Waals surface area contributed by atoms with E-state index in [1.807, 2.05) is 0 Å². The number of anilines is 1. The highest BCUT2D eigenvalue weighted by atomic mass is 16.6. The molecule has 0 aliphatic rings. The maximum atomic E-state index is 10.9. The quantitative estimate of drug-likeness (QED) is 0.604. The lowest BCUT2D eigenvalue weighted by atomic mass is 10.1. The van der Waals surface area contributed by atoms with E-state index in [0.29, 0.717) is 0 Å². The fourth-order valence-corrected chi connectivity index (χ4v) is 1.31. The van der Waals surface area contributed by atoms with E-state index in [1.54, 1.807) is 0 Å². The predicted octanol–water partition coefficient (Wildman–Crippen LogP) is 1.18. The summed E-state index contributed by atoms with van der Waals surface area (Å²) in [7, 11) is 0. The molecule has 0 saturated heterocycles. The molecule has 7 heteroatoms. The Bertz CT molecular complexity index is 484. The molecule has 0 fully saturated rings. The number of carboxylic acid groups (broad SMARTS) is 1. The van der Waals surface area contributed by atoms with Crippen LogP contribution in [-0.2, 0) is 16.0 Å². The van der Waals surface area contributed by atoms with Gasteiger partial charge in [0.15, 0.2) is 0 Å². The first-order chi connectivity index (χ1) is 7.90. The molecule has 0 saturated carbocycles. The van der Waals surface area contributed by atoms with Gasteiger partial charge in [-0.05, 0) is 11.6 Å². The van der Waals surface area contributed by atoms with Gasteiger partial charge < -0.3 is 10.4 Å². The molecule has 1 rings (SSSR count). The third-order valence-electron chi connectivity index (χ3n) is 1.95. The van der Waals surface area contributed by atoms with Gasteiger partial charge in [0.25, 0.3) is 5.69 Å². The molecule has 0 radical (unpaired) electrons. The second-order valence-electron chi connectivity index (χ2n) is 3.35. The summed E-state index contributed by atoms with van der Waals surface area (Å²) in [6.07, 6.45) is -0.392. The fraction of sp³-hybridized carbons (Fsp3) is 0.200. The smallest absolute Gasteiger partial charge is 0.307 e. The van der Waals surface area contributed by atoms with Crippen LogP contribution in [0.2, 0.25) is 0 Å². The van der Waals surface area contributed by atoms with E-state index < -0.39 is 17.3 Å². The Labute approximate surface area is 96.2 Å². The van der Waals surface area contributed by atoms with Gasteiger partial charge in [0, 0.05) is 24.7 Å². The molecule has 1 amide bonds. The summed E-state index contributed by atoms with van der Waals surface area (Å²) in [6.45, 7) is 1.27. The molecule has 0 aromatic heterocycles. The van der Waals surface area contributed by atoms with E-state index in [1.165, 1.54) is 19.1 Å². The normalized spacial score (nSPS) is 9.71. The van der Waals surface area contributed by atoms with Crippen molar-refractivity contribution in [3.8, 4) is 0 Å². The molecule has 0 unspecified atom stereocenters. The van der Waals surface area contributed by atoms with E-state index in [-0.39, 0.29) is 22.8 Å². The number of carbonyl (C=O) groups is 2. The van der Waals surface area contributed by atoms with Crippen molar-refractivity contribution in [2.45, 2.75) is 13.3 Å². The van der Waals surface area contributed by atoms with E-state index in [9.17, 15) is 19.7 Å². The van der Waals surface area contributed by atoms with E-state index in [4.69, 9.17) is 5.11 Å². The van der Waals surface area contributed by atoms with Gasteiger partial charge >= 0.3 is 5.97 Å². The molecule has 0 spiro atoms. The Morgan fingerprint density at radius 3 is 2.59 bits per heavy atom. The molecule has 0 atom stereocenters. The lowest BCUT2D eigenvalue weighted by molar-refractivity contribution is -0.384. The number of carbonyl (C=O) groups excluding carboxylic acids is 1. The van der Waals surface area contributed by atoms with Crippen molar-refractivity contribution in [1.82, 2.24) is 0 Å². The Morgan fingerprint density at radius 2 is 2.12 bits per heavy atom. The lowest BCUT2D eigenvalue weighted by Gasteiger charge is -2.07. The van der Waals surface area contributed by atoms with Gasteiger partial charge in [0.05, 0.1) is 11.3 Å². The SMILES string of the molecule is CC(=O)Nc1ccc([N+](=O)[O-])cc1CC(=O)O. The third kappa shape index (κ3) is 3.56. The minimum atomic E-state index is -1.13. The Balaban J connectivity index is 3.15. The fourth-order valence-electron chi connectivity index (χ4n) is 1.31. The number of nitro benzene ring substituents is 1. The molecule has 90 valence electrons. The summed E-state index contributed by atoms with van der Waals surface area (Å²) in [4.78, 5) is 31.4. The number of nitrogens with one attached hydrogen (secondary N) is 1. The molecule has 2 N–H and O–H groups in total. The van der Waals surface area contributed by atoms with Gasteiger partial charge in [0.2, 0.25) is 5.91 Å². The number of non-ortho nitro benzene ring substituents is 1. The van der Waals surface area contributed by atoms with Gasteiger partial charge in [-0.1, -0.05) is 0 Å². The minimum Gasteiger partial charge on any atom is -0.481 e. The van der Waals surface area contributed by atoms with Crippen LogP contribution in [-0.4, -0.2) is 21.9 Å². The topological polar surface area (TPSA) is 110 Å². The van der Waals surface area contributed by atoms with E-state index in [0.717, 1.165) is 6.07 Å². The number of rotatable bonds is 4. The Hall–Kier alpha value is -2.44. The average Bonchev–Trinajstić information content (AvgIpc) is 2.18. The molecule has 1 aromatic rings. The zero-order valence-corrected chi connectivity index (χ0v) is 8.97. The molecule has 0 aliphatic heterocycles. The van der Waals surface area contributed by atoms with Gasteiger partial charge in [-0.2, -0.15) is 0 Å². The summed E-state index contributed by atoms with van der Waals surface area (Å²) in [5, 5.41) is 21.6. The van der Waals surface area contributed by atoms with Crippen LogP contribution in [0.15, 0.2) is 18.2 Å². The largest absolute Gasteiger partial charge is 0.481 e. The molecular formula is C10H10N2O5. The monoisotopic (exact) mass is 238 g/mol. The van der Waals surface area contributed by atoms with Crippen molar-refractivity contribution < 1.29 is 19.6 Å². The van der Waals surface area contributed by atoms with Crippen LogP contribution in [0.4, 0.5) is 11.4 Å². The van der Waals surface area contributed by atoms with Crippen molar-refractivity contribution in [2.24, 2.45) is 0 Å². The van der Waals surface area contributed by atoms with E-state index in [2.05, 4.69) is 5.32 Å². The second kappa shape index (κ2) is 5.06. The summed E-state index contributed by atoms with van der Waals surface area (Å²) in [5.41, 5.74) is 0.253. The number of aliphatic carboxylic acids is 1. The van der Waals surface area contributed by atoms with Crippen molar-refractivity contribution in [2.75, 3.05) is 5.32 Å². The van der Waals surface area contributed by atoms with Gasteiger partial charge in [-0.15, -0.1) is 0 Å². The molecule has 17 heavy (non-hydrogen) atoms. The molecule has 0 bridgehead atoms. The summed E-state index contributed by atoms with van der Waals surface area (Å²) in [5.74, 6) is -1.50. The van der Waals surface area contributed by atoms with Gasteiger partial charge in [-0.25, -0.2) is 0 Å². The van der Waals surface area contributed by atoms with Crippen LogP contribution in [0.3, 0.4) is 0 Å². The zero-order chi connectivity index (χ0) is 13.0. The van der Waals surface area contributed by atoms with Crippen molar-refractivity contribution in [3.05, 3.63) is 33.9 Å². The molecule has 7 nitrogen and oxygen atoms in total. The average molecular weight is 238 g/mol. The van der Waals surface area contributed by atoms with Crippen molar-refractivity contribution in [3.63, 3.8) is 0 Å². The highest BCUT2D eigenvalue weighted by molar-refractivity contribution is 5.90. The molecule has 0 heterocycles. The Kier molecular flexibility index (Phi) is 3.76. The van der Waals surface area contributed by atoms with Crippen molar-refractivity contribution in [1.29, 1.82) is 0 Å². The first-order valence-corrected chi connectivity index (χ1v) is 4.67. The number of hydrogen-bond acceptors (Lipinski definition) is 4. The summed E-state index contributed by atoms with van der Waals surface area (Å²) in [6, 6.07) is 3.66. The van der Waals surface area contributed by atoms with Gasteiger partial charge in [-0.3, -0.25) is 19.7 Å². The second-order valence-corrected chi connectivity index (χ2v) is 3.35. The number of benzene rings is 1. The molecular weight excluding hydrogens is 228 g/mol. The Morgan fingerprint density at radius 1 is 1.47 bits per heavy atom. The zero-order valence-electron chi connectivity index (χ0n) is 8.97. The highest BCUT2D eigenvalue weighted by Crippen LogP contribution is 2.22. The first-order valence-electron chi connectivity index (χ1n) is 4.67. The minimum absolute atomic E-state index is 0.196. The number of hydrogen-bond donors (Lipinski definition) is 2. The van der Waals surface area contributed by atoms with Crippen LogP contribution in [0.5, 0.6) is 0 Å². The van der Waals surface area contributed by atoms with Crippen LogP contribution < -0.4 is 5.32 Å². The van der Waals surface area contributed by atoms with Crippen LogP contribution in [0, 0.1) is 10.1 Å². The highest BCUT2D eigenvalue weighted by Gasteiger charge is 2.13. The summed E-state index contributed by atoms with van der Waals surface area (Å²) >= 11 is 0. The summed E-state index contributed by atoms with van der Waals surface area (Å²) < 4.78 is 0. The van der Waals surface area contributed by atoms with Crippen LogP contribution >= 0.6 is 0 Å². The van der Waals surface area contributed by atoms with Crippen LogP contribution in [0.1, 0.15) is 12.5 Å². The maximum absolute atomic E-state index is 10.9. The molecule has 0 aliphatic carbocycles. The first kappa shape index (κ1) is 12.6. The standard InChI is InChI=1S/C10H10N2O5/c1-6(13)11-9-3-2-8(12(16)17)4-7(9)5-10(14)15/h2-4H,5H2,1H3,(H,11,13)(H,14,15). The van der Waals surface area contributed by atoms with Crippen LogP contribution in [0.25, 0.3) is 0 Å². The molecule has 1 aromatic carbocycles. The number of nitro groups is 1. The number of amides is 1. The van der Waals surface area contributed by atoms with Crippen molar-refractivity contribution >= 4 is 23.3 Å². The predicted molar refractivity (Wildman–Crippen MR) is 58.7 cm³/mol. The third-order valence-corrected chi connectivity index (χ3v) is 1.95. The number of nitrogens with zero attached hydrogens (tertiary/aromatic N) is 1. The number of carboxylic acids is 1. The lowest BCUT2D eigenvalue weighted by Crippen LogP contribution is -2.10.